The summed E-state index contributed by atoms with van der Waals surface area (Å²) in [6.07, 6.45) is 1.33. The highest BCUT2D eigenvalue weighted by Gasteiger charge is 2.23. The maximum Gasteiger partial charge on any atom is 0.233 e. The van der Waals surface area contributed by atoms with E-state index in [4.69, 9.17) is 23.2 Å². The summed E-state index contributed by atoms with van der Waals surface area (Å²) in [6, 6.07) is 7.85. The Morgan fingerprint density at radius 3 is 2.00 bits per heavy atom. The number of benzene rings is 1. The van der Waals surface area contributed by atoms with Crippen molar-refractivity contribution >= 4 is 33.7 Å². The normalized spacial score (nSPS) is 12.5. The molecule has 1 rings (SSSR count). The highest BCUT2D eigenvalue weighted by molar-refractivity contribution is 6.73. The van der Waals surface area contributed by atoms with E-state index in [1.54, 1.807) is 0 Å². The van der Waals surface area contributed by atoms with Gasteiger partial charge in [0.1, 0.15) is 5.92 Å². The molecule has 4 heteroatoms. The summed E-state index contributed by atoms with van der Waals surface area (Å²) in [4.78, 5) is 22.1. The molecule has 0 radical (unpaired) electrons. The zero-order valence-corrected chi connectivity index (χ0v) is 12.0. The number of rotatable bonds is 6. The molecule has 18 heavy (non-hydrogen) atoms. The molecule has 0 spiro atoms. The van der Waals surface area contributed by atoms with Crippen LogP contribution >= 0.6 is 23.2 Å². The summed E-state index contributed by atoms with van der Waals surface area (Å²) < 4.78 is 0. The summed E-state index contributed by atoms with van der Waals surface area (Å²) in [5.41, 5.74) is 2.13. The van der Waals surface area contributed by atoms with E-state index in [9.17, 15) is 9.59 Å². The topological polar surface area (TPSA) is 34.1 Å². The first kappa shape index (κ1) is 15.2. The first-order chi connectivity index (χ1) is 8.45. The lowest BCUT2D eigenvalue weighted by molar-refractivity contribution is -0.123. The van der Waals surface area contributed by atoms with E-state index in [-0.39, 0.29) is 6.42 Å². The van der Waals surface area contributed by atoms with Crippen molar-refractivity contribution < 1.29 is 9.59 Å². The van der Waals surface area contributed by atoms with E-state index in [0.29, 0.717) is 5.92 Å². The summed E-state index contributed by atoms with van der Waals surface area (Å²) in [6.45, 7) is 4.29. The highest BCUT2D eigenvalue weighted by atomic mass is 35.5. The van der Waals surface area contributed by atoms with Crippen molar-refractivity contribution in [2.24, 2.45) is 5.92 Å². The Morgan fingerprint density at radius 1 is 1.11 bits per heavy atom. The second-order valence-corrected chi connectivity index (χ2v) is 5.16. The van der Waals surface area contributed by atoms with Gasteiger partial charge in [0, 0.05) is 0 Å². The maximum absolute atomic E-state index is 11.1. The van der Waals surface area contributed by atoms with Crippen LogP contribution in [-0.2, 0) is 16.0 Å². The van der Waals surface area contributed by atoms with Gasteiger partial charge in [0.2, 0.25) is 10.5 Å². The highest BCUT2D eigenvalue weighted by Crippen LogP contribution is 2.21. The lowest BCUT2D eigenvalue weighted by Crippen LogP contribution is -2.18. The number of carbonyl (C=O) groups excluding carboxylic acids is 2. The van der Waals surface area contributed by atoms with E-state index in [0.717, 1.165) is 12.0 Å². The summed E-state index contributed by atoms with van der Waals surface area (Å²) in [5.74, 6) is -0.457. The van der Waals surface area contributed by atoms with Crippen molar-refractivity contribution in [2.45, 2.75) is 32.6 Å². The number of hydrogen-bond acceptors (Lipinski definition) is 2. The fourth-order valence-electron chi connectivity index (χ4n) is 1.70. The van der Waals surface area contributed by atoms with Crippen molar-refractivity contribution in [2.75, 3.05) is 0 Å². The van der Waals surface area contributed by atoms with Gasteiger partial charge in [0.25, 0.3) is 0 Å². The van der Waals surface area contributed by atoms with Crippen LogP contribution in [-0.4, -0.2) is 10.5 Å². The number of hydrogen-bond donors (Lipinski definition) is 0. The van der Waals surface area contributed by atoms with Gasteiger partial charge < -0.3 is 0 Å². The molecule has 0 bridgehead atoms. The summed E-state index contributed by atoms with van der Waals surface area (Å²) >= 11 is 10.7. The van der Waals surface area contributed by atoms with Gasteiger partial charge in [-0.05, 0) is 53.1 Å². The molecule has 0 aliphatic heterocycles. The zero-order valence-electron chi connectivity index (χ0n) is 10.5. The Balaban J connectivity index is 2.79. The zero-order chi connectivity index (χ0) is 13.7. The molecule has 1 unspecified atom stereocenters. The molecule has 0 aliphatic rings. The van der Waals surface area contributed by atoms with E-state index in [1.165, 1.54) is 5.56 Å². The summed E-state index contributed by atoms with van der Waals surface area (Å²) in [7, 11) is 0. The molecular weight excluding hydrogens is 271 g/mol. The first-order valence-electron chi connectivity index (χ1n) is 5.93. The van der Waals surface area contributed by atoms with Crippen LogP contribution in [0.5, 0.6) is 0 Å². The Morgan fingerprint density at radius 2 is 1.61 bits per heavy atom. The molecule has 1 atom stereocenters. The van der Waals surface area contributed by atoms with Crippen LogP contribution in [0.25, 0.3) is 0 Å². The van der Waals surface area contributed by atoms with Crippen molar-refractivity contribution in [3.8, 4) is 0 Å². The molecule has 2 nitrogen and oxygen atoms in total. The van der Waals surface area contributed by atoms with Gasteiger partial charge in [-0.2, -0.15) is 0 Å². The second-order valence-electron chi connectivity index (χ2n) is 4.42. The van der Waals surface area contributed by atoms with E-state index < -0.39 is 16.4 Å². The fourth-order valence-corrected chi connectivity index (χ4v) is 2.11. The van der Waals surface area contributed by atoms with Crippen LogP contribution in [0.15, 0.2) is 24.3 Å². The molecule has 98 valence electrons. The maximum atomic E-state index is 11.1. The predicted octanol–water partition coefficient (Wildman–Crippen LogP) is 3.89. The van der Waals surface area contributed by atoms with E-state index in [2.05, 4.69) is 13.8 Å². The molecule has 0 saturated carbocycles. The van der Waals surface area contributed by atoms with Crippen LogP contribution in [0, 0.1) is 5.92 Å². The molecule has 0 heterocycles. The number of halogens is 2. The average molecular weight is 287 g/mol. The molecule has 0 saturated heterocycles. The SMILES string of the molecule is CCC(C)c1ccc(CC(C(=O)Cl)C(=O)Cl)cc1. The Kier molecular flexibility index (Phi) is 5.83. The second kappa shape index (κ2) is 6.91. The van der Waals surface area contributed by atoms with Crippen LogP contribution in [0.2, 0.25) is 0 Å². The van der Waals surface area contributed by atoms with Gasteiger partial charge in [0.15, 0.2) is 0 Å². The molecule has 1 aromatic rings. The third kappa shape index (κ3) is 4.11. The number of carbonyl (C=O) groups is 2. The molecule has 0 N–H and O–H groups in total. The van der Waals surface area contributed by atoms with Gasteiger partial charge in [-0.3, -0.25) is 9.59 Å². The van der Waals surface area contributed by atoms with Crippen LogP contribution < -0.4 is 0 Å². The van der Waals surface area contributed by atoms with Gasteiger partial charge in [-0.1, -0.05) is 38.1 Å². The molecule has 0 aromatic heterocycles. The quantitative estimate of drug-likeness (QED) is 0.587. The Labute approximate surface area is 117 Å². The van der Waals surface area contributed by atoms with Gasteiger partial charge in [0.05, 0.1) is 0 Å². The van der Waals surface area contributed by atoms with Gasteiger partial charge in [-0.25, -0.2) is 0 Å². The molecule has 1 aromatic carbocycles. The molecule has 0 aliphatic carbocycles. The standard InChI is InChI=1S/C14H16Cl2O2/c1-3-9(2)11-6-4-10(5-7-11)8-12(13(15)17)14(16)18/h4-7,9,12H,3,8H2,1-2H3. The van der Waals surface area contributed by atoms with Crippen LogP contribution in [0.1, 0.15) is 37.3 Å². The predicted molar refractivity (Wildman–Crippen MR) is 74.1 cm³/mol. The Bertz CT molecular complexity index is 412. The molecule has 0 amide bonds. The van der Waals surface area contributed by atoms with Crippen molar-refractivity contribution in [1.82, 2.24) is 0 Å². The van der Waals surface area contributed by atoms with Gasteiger partial charge in [-0.15, -0.1) is 0 Å². The van der Waals surface area contributed by atoms with Gasteiger partial charge >= 0.3 is 0 Å². The minimum Gasteiger partial charge on any atom is -0.280 e. The molecule has 0 fully saturated rings. The lowest BCUT2D eigenvalue weighted by atomic mass is 9.95. The Hall–Kier alpha value is -0.860. The fraction of sp³-hybridized carbons (Fsp3) is 0.429. The third-order valence-electron chi connectivity index (χ3n) is 3.15. The summed E-state index contributed by atoms with van der Waals surface area (Å²) in [5, 5.41) is -1.41. The smallest absolute Gasteiger partial charge is 0.233 e. The lowest BCUT2D eigenvalue weighted by Gasteiger charge is -2.11. The first-order valence-corrected chi connectivity index (χ1v) is 6.68. The van der Waals surface area contributed by atoms with Crippen molar-refractivity contribution in [3.63, 3.8) is 0 Å². The average Bonchev–Trinajstić information content (AvgIpc) is 2.35. The van der Waals surface area contributed by atoms with Crippen LogP contribution in [0.4, 0.5) is 0 Å². The molecular formula is C14H16Cl2O2. The van der Waals surface area contributed by atoms with E-state index in [1.807, 2.05) is 24.3 Å². The minimum atomic E-state index is -0.956. The van der Waals surface area contributed by atoms with E-state index >= 15 is 0 Å². The van der Waals surface area contributed by atoms with Crippen molar-refractivity contribution in [1.29, 1.82) is 0 Å². The third-order valence-corrected chi connectivity index (χ3v) is 3.68. The monoisotopic (exact) mass is 286 g/mol. The minimum absolute atomic E-state index is 0.255. The van der Waals surface area contributed by atoms with Crippen molar-refractivity contribution in [3.05, 3.63) is 35.4 Å². The largest absolute Gasteiger partial charge is 0.280 e. The van der Waals surface area contributed by atoms with Crippen LogP contribution in [0.3, 0.4) is 0 Å².